The van der Waals surface area contributed by atoms with Gasteiger partial charge in [-0.25, -0.2) is 17.5 Å². The first-order chi connectivity index (χ1) is 21.2. The molecule has 3 fully saturated rings. The number of aromatic nitrogens is 2. The quantitative estimate of drug-likeness (QED) is 0.170. The first-order valence-corrected chi connectivity index (χ1v) is 16.0. The van der Waals surface area contributed by atoms with Crippen molar-refractivity contribution in [3.05, 3.63) is 88.1 Å². The molecule has 4 aromatic rings. The summed E-state index contributed by atoms with van der Waals surface area (Å²) in [4.78, 5) is 14.3. The maximum absolute atomic E-state index is 13.8. The van der Waals surface area contributed by atoms with Gasteiger partial charge >= 0.3 is 0 Å². The predicted octanol–water partition coefficient (Wildman–Crippen LogP) is 7.32. The van der Waals surface area contributed by atoms with Crippen molar-refractivity contribution in [2.24, 2.45) is 5.41 Å². The lowest BCUT2D eigenvalue weighted by Gasteiger charge is -2.81. The smallest absolute Gasteiger partial charge is 0.273 e. The van der Waals surface area contributed by atoms with E-state index in [0.717, 1.165) is 66.8 Å². The number of rotatable bonds is 6. The highest BCUT2D eigenvalue weighted by atomic mass is 35.5. The number of anilines is 1. The van der Waals surface area contributed by atoms with Gasteiger partial charge in [0.1, 0.15) is 17.0 Å². The Morgan fingerprint density at radius 3 is 2.57 bits per heavy atom. The molecule has 12 heteroatoms. The number of hydrogen-bond donors (Lipinski definition) is 2. The Hall–Kier alpha value is -3.25. The van der Waals surface area contributed by atoms with Crippen LogP contribution in [0.25, 0.3) is 11.3 Å². The summed E-state index contributed by atoms with van der Waals surface area (Å²) in [7, 11) is 0. The van der Waals surface area contributed by atoms with Crippen molar-refractivity contribution >= 4 is 35.1 Å². The van der Waals surface area contributed by atoms with Crippen molar-refractivity contribution in [2.75, 3.05) is 5.32 Å². The van der Waals surface area contributed by atoms with Gasteiger partial charge in [0.2, 0.25) is 0 Å². The van der Waals surface area contributed by atoms with Crippen molar-refractivity contribution in [1.82, 2.24) is 14.0 Å². The van der Waals surface area contributed by atoms with E-state index >= 15 is 0 Å². The largest absolute Gasteiger partial charge is 0.383 e. The molecule has 1 saturated heterocycles. The first kappa shape index (κ1) is 28.2. The molecule has 7 nitrogen and oxygen atoms in total. The van der Waals surface area contributed by atoms with E-state index in [9.17, 15) is 23.1 Å². The number of piperidine rings is 2. The zero-order chi connectivity index (χ0) is 30.4. The van der Waals surface area contributed by atoms with Gasteiger partial charge in [-0.15, -0.1) is 0 Å². The van der Waals surface area contributed by atoms with Crippen molar-refractivity contribution in [3.63, 3.8) is 0 Å². The van der Waals surface area contributed by atoms with Crippen LogP contribution in [0.1, 0.15) is 60.4 Å². The molecule has 2 saturated carbocycles. The van der Waals surface area contributed by atoms with Crippen LogP contribution in [0.5, 0.6) is 0 Å². The summed E-state index contributed by atoms with van der Waals surface area (Å²) in [6, 6.07) is 13.2. The second kappa shape index (κ2) is 10.1. The number of nitrogens with zero attached hydrogens (tertiary/aromatic N) is 3. The highest BCUT2D eigenvalue weighted by molar-refractivity contribution is 7.97. The molecule has 2 aliphatic heterocycles. The normalized spacial score (nSPS) is 27.2. The lowest BCUT2D eigenvalue weighted by Crippen LogP contribution is -2.88. The van der Waals surface area contributed by atoms with E-state index in [0.29, 0.717) is 24.4 Å². The molecule has 4 unspecified atom stereocenters. The number of amides is 1. The summed E-state index contributed by atoms with van der Waals surface area (Å²) in [5, 5.41) is 19.0. The summed E-state index contributed by atoms with van der Waals surface area (Å²) in [6.07, 6.45) is 5.81. The lowest BCUT2D eigenvalue weighted by molar-refractivity contribution is -0.349. The fourth-order valence-electron chi connectivity index (χ4n) is 7.82. The van der Waals surface area contributed by atoms with Crippen LogP contribution in [0.4, 0.5) is 18.9 Å². The van der Waals surface area contributed by atoms with E-state index < -0.39 is 29.0 Å². The summed E-state index contributed by atoms with van der Waals surface area (Å²) in [5.41, 5.74) is 1.04. The van der Waals surface area contributed by atoms with E-state index in [1.165, 1.54) is 11.9 Å². The lowest BCUT2D eigenvalue weighted by atomic mass is 9.36. The highest BCUT2D eigenvalue weighted by Gasteiger charge is 2.83. The molecule has 0 bridgehead atoms. The highest BCUT2D eigenvalue weighted by Crippen LogP contribution is 2.77. The van der Waals surface area contributed by atoms with E-state index in [4.69, 9.17) is 16.1 Å². The third-order valence-corrected chi connectivity index (χ3v) is 11.9. The van der Waals surface area contributed by atoms with Crippen LogP contribution in [-0.2, 0) is 18.6 Å². The summed E-state index contributed by atoms with van der Waals surface area (Å²) in [6.45, 7) is 0.580. The van der Waals surface area contributed by atoms with Gasteiger partial charge in [-0.1, -0.05) is 53.5 Å². The molecule has 4 aliphatic rings. The summed E-state index contributed by atoms with van der Waals surface area (Å²) >= 11 is 8.48. The average molecular weight is 641 g/mol. The van der Waals surface area contributed by atoms with Gasteiger partial charge in [0.15, 0.2) is 23.2 Å². The van der Waals surface area contributed by atoms with Crippen LogP contribution in [-0.4, -0.2) is 37.1 Å². The van der Waals surface area contributed by atoms with Crippen LogP contribution >= 0.6 is 23.5 Å². The summed E-state index contributed by atoms with van der Waals surface area (Å²) in [5.74, 6) is -4.37. The number of carbonyl (C=O) groups excluding carboxylic acids is 1. The third kappa shape index (κ3) is 3.85. The molecule has 0 radical (unpaired) electrons. The molecule has 44 heavy (non-hydrogen) atoms. The molecule has 2 N–H and O–H groups in total. The van der Waals surface area contributed by atoms with Crippen LogP contribution in [0, 0.1) is 22.9 Å². The van der Waals surface area contributed by atoms with Crippen LogP contribution in [0.15, 0.2) is 57.9 Å². The van der Waals surface area contributed by atoms with Crippen LogP contribution in [0.2, 0.25) is 5.02 Å². The molecule has 8 rings (SSSR count). The number of carbonyl (C=O) groups is 1. The minimum absolute atomic E-state index is 0.105. The Bertz CT molecular complexity index is 1780. The number of hydrogen-bond acceptors (Lipinski definition) is 6. The third-order valence-electron chi connectivity index (χ3n) is 10.1. The van der Waals surface area contributed by atoms with Gasteiger partial charge in [0.05, 0.1) is 9.92 Å². The Kier molecular flexibility index (Phi) is 6.50. The molecule has 228 valence electrons. The van der Waals surface area contributed by atoms with Crippen molar-refractivity contribution in [1.29, 1.82) is 0 Å². The predicted molar refractivity (Wildman–Crippen MR) is 159 cm³/mol. The minimum Gasteiger partial charge on any atom is -0.383 e. The second-order valence-corrected chi connectivity index (χ2v) is 13.6. The molecule has 2 aromatic heterocycles. The van der Waals surface area contributed by atoms with Crippen LogP contribution < -0.4 is 5.32 Å². The zero-order valence-electron chi connectivity index (χ0n) is 23.5. The Labute approximate surface area is 260 Å². The van der Waals surface area contributed by atoms with E-state index in [-0.39, 0.29) is 33.9 Å². The van der Waals surface area contributed by atoms with E-state index in [2.05, 4.69) is 14.8 Å². The molecule has 1 spiro atoms. The zero-order valence-corrected chi connectivity index (χ0v) is 25.0. The maximum atomic E-state index is 13.8. The number of aliphatic hydroxyl groups is 1. The number of fused-ring (bicyclic) bond motifs is 1. The molecule has 1 amide bonds. The Morgan fingerprint density at radius 2 is 1.86 bits per heavy atom. The number of nitrogens with one attached hydrogen (secondary N) is 1. The van der Waals surface area contributed by atoms with Gasteiger partial charge in [-0.3, -0.25) is 4.79 Å². The SMILES string of the molecule is O=C(Nc1cc(F)c(F)c(F)c1)c1c(Cl)c(SN2C3CCC34C2CC4(O)c2cc(-c3ccccc3)on2)c2n1CCCCC2. The Morgan fingerprint density at radius 1 is 1.09 bits per heavy atom. The number of benzene rings is 2. The molecule has 4 heterocycles. The molecular weight excluding hydrogens is 613 g/mol. The Balaban J connectivity index is 1.06. The first-order valence-electron chi connectivity index (χ1n) is 14.8. The van der Waals surface area contributed by atoms with E-state index in [1.54, 1.807) is 0 Å². The van der Waals surface area contributed by atoms with Gasteiger partial charge < -0.3 is 19.5 Å². The van der Waals surface area contributed by atoms with Crippen molar-refractivity contribution in [3.8, 4) is 11.3 Å². The van der Waals surface area contributed by atoms with Crippen molar-refractivity contribution < 1.29 is 27.6 Å². The summed E-state index contributed by atoms with van der Waals surface area (Å²) < 4.78 is 51.0. The second-order valence-electron chi connectivity index (χ2n) is 12.2. The average Bonchev–Trinajstić information content (AvgIpc) is 3.49. The molecule has 2 aliphatic carbocycles. The monoisotopic (exact) mass is 640 g/mol. The molecular formula is C32H28ClF3N4O3S. The van der Waals surface area contributed by atoms with Crippen molar-refractivity contribution in [2.45, 2.75) is 74.1 Å². The number of halogens is 4. The standard InChI is InChI=1S/C32H28ClF3N4O3S/c33-26-28(30(41)37-18-13-19(34)27(36)20(35)14-18)39-12-6-2-5-9-21(39)29(26)44-40-24-10-11-31(24)25(40)16-32(31,42)23-15-22(43-38-23)17-7-3-1-4-8-17/h1,3-4,7-8,13-15,24-25,42H,2,5-6,9-12,16H2,(H,37,41). The van der Waals surface area contributed by atoms with E-state index in [1.807, 2.05) is 41.0 Å². The van der Waals surface area contributed by atoms with Gasteiger partial charge in [0.25, 0.3) is 5.91 Å². The fraction of sp³-hybridized carbons (Fsp3) is 0.375. The topological polar surface area (TPSA) is 83.5 Å². The van der Waals surface area contributed by atoms with Gasteiger partial charge in [0, 0.05) is 59.2 Å². The van der Waals surface area contributed by atoms with Gasteiger partial charge in [-0.05, 0) is 50.5 Å². The van der Waals surface area contributed by atoms with Gasteiger partial charge in [-0.2, -0.15) is 0 Å². The fourth-order valence-corrected chi connectivity index (χ4v) is 9.74. The van der Waals surface area contributed by atoms with Crippen LogP contribution in [0.3, 0.4) is 0 Å². The maximum Gasteiger partial charge on any atom is 0.273 e. The minimum atomic E-state index is -1.60. The molecule has 4 atom stereocenters. The molecule has 2 aromatic carbocycles.